The molecule has 5 nitrogen and oxygen atoms in total. The van der Waals surface area contributed by atoms with E-state index in [-0.39, 0.29) is 18.7 Å². The Morgan fingerprint density at radius 1 is 0.875 bits per heavy atom. The number of benzene rings is 3. The van der Waals surface area contributed by atoms with Crippen molar-refractivity contribution in [2.24, 2.45) is 0 Å². The highest BCUT2D eigenvalue weighted by Gasteiger charge is 2.44. The summed E-state index contributed by atoms with van der Waals surface area (Å²) in [5.41, 5.74) is 2.19. The zero-order valence-corrected chi connectivity index (χ0v) is 17.5. The Kier molecular flexibility index (Phi) is 6.40. The number of halogens is 1. The fourth-order valence-electron chi connectivity index (χ4n) is 3.94. The fourth-order valence-corrected chi connectivity index (χ4v) is 3.94. The molecular weight excluding hydrogens is 407 g/mol. The summed E-state index contributed by atoms with van der Waals surface area (Å²) in [5, 5.41) is 0. The van der Waals surface area contributed by atoms with Crippen LogP contribution in [-0.2, 0) is 27.2 Å². The molecule has 4 rings (SSSR count). The Balaban J connectivity index is 1.58. The van der Waals surface area contributed by atoms with Crippen LogP contribution >= 0.6 is 0 Å². The van der Waals surface area contributed by atoms with E-state index in [4.69, 9.17) is 0 Å². The van der Waals surface area contributed by atoms with Crippen molar-refractivity contribution in [2.75, 3.05) is 11.4 Å². The van der Waals surface area contributed by atoms with Crippen molar-refractivity contribution in [2.45, 2.75) is 25.3 Å². The molecule has 1 unspecified atom stereocenters. The molecule has 1 atom stereocenters. The van der Waals surface area contributed by atoms with E-state index in [9.17, 15) is 18.8 Å². The van der Waals surface area contributed by atoms with Gasteiger partial charge in [0.05, 0.1) is 18.5 Å². The van der Waals surface area contributed by atoms with Gasteiger partial charge in [0.15, 0.2) is 0 Å². The van der Waals surface area contributed by atoms with Crippen LogP contribution in [0, 0.1) is 5.82 Å². The van der Waals surface area contributed by atoms with Crippen LogP contribution in [0.3, 0.4) is 0 Å². The second kappa shape index (κ2) is 9.56. The van der Waals surface area contributed by atoms with E-state index in [1.165, 1.54) is 29.2 Å². The summed E-state index contributed by atoms with van der Waals surface area (Å²) in [6.07, 6.45) is 0.617. The molecule has 3 aromatic carbocycles. The van der Waals surface area contributed by atoms with Crippen LogP contribution in [0.4, 0.5) is 10.1 Å². The van der Waals surface area contributed by atoms with Gasteiger partial charge in [-0.15, -0.1) is 0 Å². The summed E-state index contributed by atoms with van der Waals surface area (Å²) in [5.74, 6) is -1.52. The molecule has 32 heavy (non-hydrogen) atoms. The smallest absolute Gasteiger partial charge is 0.257 e. The van der Waals surface area contributed by atoms with Crippen LogP contribution in [0.2, 0.25) is 0 Å². The number of nitrogens with zero attached hydrogens (tertiary/aromatic N) is 2. The first-order valence-corrected chi connectivity index (χ1v) is 10.5. The Hall–Kier alpha value is -3.80. The average Bonchev–Trinajstić information content (AvgIpc) is 3.09. The molecule has 0 spiro atoms. The number of anilines is 1. The predicted molar refractivity (Wildman–Crippen MR) is 119 cm³/mol. The van der Waals surface area contributed by atoms with Crippen molar-refractivity contribution in [3.63, 3.8) is 0 Å². The van der Waals surface area contributed by atoms with Crippen molar-refractivity contribution < 1.29 is 18.8 Å². The Morgan fingerprint density at radius 2 is 1.47 bits per heavy atom. The third-order valence-corrected chi connectivity index (χ3v) is 5.59. The van der Waals surface area contributed by atoms with Crippen LogP contribution in [0.25, 0.3) is 0 Å². The predicted octanol–water partition coefficient (Wildman–Crippen LogP) is 3.77. The van der Waals surface area contributed by atoms with E-state index >= 15 is 0 Å². The number of imide groups is 1. The summed E-state index contributed by atoms with van der Waals surface area (Å²) in [4.78, 5) is 41.8. The SMILES string of the molecule is O=C1CC(N(CCc2ccccc2)C(=O)Cc2ccccc2)C(=O)N1c1ccc(F)cc1. The first kappa shape index (κ1) is 21.4. The first-order chi connectivity index (χ1) is 15.5. The van der Waals surface area contributed by atoms with Crippen LogP contribution < -0.4 is 4.90 Å². The maximum atomic E-state index is 13.3. The van der Waals surface area contributed by atoms with Gasteiger partial charge in [-0.2, -0.15) is 0 Å². The van der Waals surface area contributed by atoms with Crippen LogP contribution in [0.1, 0.15) is 17.5 Å². The molecule has 1 saturated heterocycles. The summed E-state index contributed by atoms with van der Waals surface area (Å²) >= 11 is 0. The minimum Gasteiger partial charge on any atom is -0.329 e. The Morgan fingerprint density at radius 3 is 2.09 bits per heavy atom. The molecule has 0 aliphatic carbocycles. The molecule has 3 aromatic rings. The number of hydrogen-bond donors (Lipinski definition) is 0. The van der Waals surface area contributed by atoms with Gasteiger partial charge in [-0.1, -0.05) is 60.7 Å². The summed E-state index contributed by atoms with van der Waals surface area (Å²) in [7, 11) is 0. The average molecular weight is 430 g/mol. The number of amides is 3. The summed E-state index contributed by atoms with van der Waals surface area (Å²) in [6, 6.07) is 23.3. The number of hydrogen-bond acceptors (Lipinski definition) is 3. The van der Waals surface area contributed by atoms with E-state index in [0.717, 1.165) is 16.0 Å². The monoisotopic (exact) mass is 430 g/mol. The molecule has 3 amide bonds. The number of carbonyl (C=O) groups excluding carboxylic acids is 3. The highest BCUT2D eigenvalue weighted by molar-refractivity contribution is 6.23. The minimum atomic E-state index is -0.882. The lowest BCUT2D eigenvalue weighted by Gasteiger charge is -2.28. The highest BCUT2D eigenvalue weighted by Crippen LogP contribution is 2.26. The van der Waals surface area contributed by atoms with E-state index < -0.39 is 23.7 Å². The molecule has 1 aliphatic rings. The Labute approximate surface area is 186 Å². The maximum Gasteiger partial charge on any atom is 0.257 e. The molecule has 0 N–H and O–H groups in total. The van der Waals surface area contributed by atoms with Crippen molar-refractivity contribution >= 4 is 23.4 Å². The molecular formula is C26H23FN2O3. The van der Waals surface area contributed by atoms with Gasteiger partial charge >= 0.3 is 0 Å². The van der Waals surface area contributed by atoms with E-state index in [2.05, 4.69) is 0 Å². The third-order valence-electron chi connectivity index (χ3n) is 5.59. The minimum absolute atomic E-state index is 0.0917. The van der Waals surface area contributed by atoms with Gasteiger partial charge in [0.1, 0.15) is 11.9 Å². The molecule has 162 valence electrons. The van der Waals surface area contributed by atoms with Gasteiger partial charge in [-0.05, 0) is 41.8 Å². The van der Waals surface area contributed by atoms with Crippen LogP contribution in [0.15, 0.2) is 84.9 Å². The van der Waals surface area contributed by atoms with Crippen LogP contribution in [0.5, 0.6) is 0 Å². The molecule has 6 heteroatoms. The van der Waals surface area contributed by atoms with Gasteiger partial charge in [0.25, 0.3) is 5.91 Å². The van der Waals surface area contributed by atoms with Gasteiger partial charge in [0, 0.05) is 6.54 Å². The van der Waals surface area contributed by atoms with Gasteiger partial charge in [-0.25, -0.2) is 9.29 Å². The highest BCUT2D eigenvalue weighted by atomic mass is 19.1. The lowest BCUT2D eigenvalue weighted by atomic mass is 10.1. The third kappa shape index (κ3) is 4.75. The van der Waals surface area contributed by atoms with Crippen molar-refractivity contribution in [1.82, 2.24) is 4.90 Å². The van der Waals surface area contributed by atoms with Gasteiger partial charge < -0.3 is 4.90 Å². The lowest BCUT2D eigenvalue weighted by Crippen LogP contribution is -2.47. The van der Waals surface area contributed by atoms with Crippen molar-refractivity contribution in [1.29, 1.82) is 0 Å². The molecule has 0 aromatic heterocycles. The van der Waals surface area contributed by atoms with Crippen molar-refractivity contribution in [3.8, 4) is 0 Å². The van der Waals surface area contributed by atoms with E-state index in [1.54, 1.807) is 0 Å². The second-order valence-corrected chi connectivity index (χ2v) is 7.75. The molecule has 0 bridgehead atoms. The fraction of sp³-hybridized carbons (Fsp3) is 0.192. The Bertz CT molecular complexity index is 1100. The molecule has 1 aliphatic heterocycles. The molecule has 0 radical (unpaired) electrons. The quantitative estimate of drug-likeness (QED) is 0.536. The number of rotatable bonds is 7. The molecule has 1 heterocycles. The topological polar surface area (TPSA) is 57.7 Å². The van der Waals surface area contributed by atoms with E-state index in [1.807, 2.05) is 60.7 Å². The van der Waals surface area contributed by atoms with E-state index in [0.29, 0.717) is 18.7 Å². The van der Waals surface area contributed by atoms with Gasteiger partial charge in [0.2, 0.25) is 11.8 Å². The van der Waals surface area contributed by atoms with Gasteiger partial charge in [-0.3, -0.25) is 14.4 Å². The van der Waals surface area contributed by atoms with Crippen LogP contribution in [-0.4, -0.2) is 35.2 Å². The molecule has 0 saturated carbocycles. The summed E-state index contributed by atoms with van der Waals surface area (Å²) in [6.45, 7) is 0.316. The zero-order chi connectivity index (χ0) is 22.5. The maximum absolute atomic E-state index is 13.3. The summed E-state index contributed by atoms with van der Waals surface area (Å²) < 4.78 is 13.3. The molecule has 1 fully saturated rings. The van der Waals surface area contributed by atoms with Crippen molar-refractivity contribution in [3.05, 3.63) is 102 Å². The number of carbonyl (C=O) groups is 3. The second-order valence-electron chi connectivity index (χ2n) is 7.75. The zero-order valence-electron chi connectivity index (χ0n) is 17.5. The first-order valence-electron chi connectivity index (χ1n) is 10.5. The standard InChI is InChI=1S/C26H23FN2O3/c27-21-11-13-22(14-12-21)29-25(31)18-23(26(29)32)28(16-15-19-7-3-1-4-8-19)24(30)17-20-9-5-2-6-10-20/h1-14,23H,15-18H2. The normalized spacial score (nSPS) is 15.8. The lowest BCUT2D eigenvalue weighted by molar-refractivity contribution is -0.137. The largest absolute Gasteiger partial charge is 0.329 e.